The highest BCUT2D eigenvalue weighted by atomic mass is 15.1. The van der Waals surface area contributed by atoms with Gasteiger partial charge in [-0.05, 0) is 62.2 Å². The molecule has 2 N–H and O–H groups in total. The fraction of sp³-hybridized carbons (Fsp3) is 0.684. The van der Waals surface area contributed by atoms with Crippen molar-refractivity contribution in [3.8, 4) is 0 Å². The Labute approximate surface area is 130 Å². The van der Waals surface area contributed by atoms with Crippen LogP contribution in [-0.2, 0) is 0 Å². The van der Waals surface area contributed by atoms with Crippen LogP contribution in [0.5, 0.6) is 0 Å². The quantitative estimate of drug-likeness (QED) is 0.878. The van der Waals surface area contributed by atoms with Gasteiger partial charge in [-0.15, -0.1) is 0 Å². The van der Waals surface area contributed by atoms with Crippen LogP contribution >= 0.6 is 0 Å². The van der Waals surface area contributed by atoms with Crippen molar-refractivity contribution in [1.29, 1.82) is 0 Å². The minimum atomic E-state index is 0.193. The Bertz CT molecular complexity index is 399. The molecular weight excluding hydrogens is 256 g/mol. The van der Waals surface area contributed by atoms with E-state index in [1.807, 2.05) is 0 Å². The van der Waals surface area contributed by atoms with Gasteiger partial charge in [0.25, 0.3) is 0 Å². The monoisotopic (exact) mass is 288 g/mol. The molecule has 0 aliphatic carbocycles. The third kappa shape index (κ3) is 5.12. The molecule has 21 heavy (non-hydrogen) atoms. The summed E-state index contributed by atoms with van der Waals surface area (Å²) in [6.07, 6.45) is 5.00. The van der Waals surface area contributed by atoms with Gasteiger partial charge in [-0.3, -0.25) is 0 Å². The van der Waals surface area contributed by atoms with E-state index >= 15 is 0 Å². The van der Waals surface area contributed by atoms with E-state index < -0.39 is 0 Å². The number of piperidine rings is 1. The van der Waals surface area contributed by atoms with Crippen molar-refractivity contribution in [3.05, 3.63) is 35.9 Å². The summed E-state index contributed by atoms with van der Waals surface area (Å²) in [5, 5.41) is 0. The van der Waals surface area contributed by atoms with Crippen molar-refractivity contribution < 1.29 is 0 Å². The number of rotatable bonds is 5. The maximum Gasteiger partial charge on any atom is 0.0295 e. The van der Waals surface area contributed by atoms with Crippen LogP contribution in [-0.4, -0.2) is 24.5 Å². The van der Waals surface area contributed by atoms with Crippen molar-refractivity contribution in [2.75, 3.05) is 19.6 Å². The number of nitrogens with zero attached hydrogens (tertiary/aromatic N) is 1. The predicted octanol–water partition coefficient (Wildman–Crippen LogP) is 4.22. The van der Waals surface area contributed by atoms with E-state index in [1.165, 1.54) is 44.5 Å². The van der Waals surface area contributed by atoms with E-state index in [4.69, 9.17) is 5.73 Å². The molecular formula is C19H32N2. The highest BCUT2D eigenvalue weighted by molar-refractivity contribution is 5.18. The third-order valence-electron chi connectivity index (χ3n) is 5.03. The standard InChI is InChI=1S/C19H32N2/c1-19(2,3)17-11-14-21(15-12-17)13-7-10-18(20)16-8-5-4-6-9-16/h4-6,8-9,17-18H,7,10-15,20H2,1-3H3. The maximum atomic E-state index is 6.27. The number of benzene rings is 1. The summed E-state index contributed by atoms with van der Waals surface area (Å²) in [6.45, 7) is 10.9. The SMILES string of the molecule is CC(C)(C)C1CCN(CCCC(N)c2ccccc2)CC1. The lowest BCUT2D eigenvalue weighted by Crippen LogP contribution is -2.38. The molecule has 2 rings (SSSR count). The van der Waals surface area contributed by atoms with Crippen LogP contribution in [0.25, 0.3) is 0 Å². The van der Waals surface area contributed by atoms with Gasteiger partial charge < -0.3 is 10.6 Å². The number of hydrogen-bond donors (Lipinski definition) is 1. The Morgan fingerprint density at radius 3 is 2.33 bits per heavy atom. The van der Waals surface area contributed by atoms with Gasteiger partial charge in [-0.2, -0.15) is 0 Å². The molecule has 0 saturated carbocycles. The van der Waals surface area contributed by atoms with Gasteiger partial charge in [0.2, 0.25) is 0 Å². The third-order valence-corrected chi connectivity index (χ3v) is 5.03. The maximum absolute atomic E-state index is 6.27. The van der Waals surface area contributed by atoms with Gasteiger partial charge in [-0.1, -0.05) is 51.1 Å². The van der Waals surface area contributed by atoms with E-state index in [0.717, 1.165) is 12.3 Å². The van der Waals surface area contributed by atoms with E-state index in [0.29, 0.717) is 5.41 Å². The van der Waals surface area contributed by atoms with Crippen molar-refractivity contribution in [2.45, 2.75) is 52.5 Å². The summed E-state index contributed by atoms with van der Waals surface area (Å²) >= 11 is 0. The minimum Gasteiger partial charge on any atom is -0.324 e. The van der Waals surface area contributed by atoms with Crippen LogP contribution < -0.4 is 5.73 Å². The normalized spacial score (nSPS) is 19.6. The molecule has 118 valence electrons. The van der Waals surface area contributed by atoms with Crippen LogP contribution in [0.4, 0.5) is 0 Å². The van der Waals surface area contributed by atoms with Gasteiger partial charge in [0, 0.05) is 6.04 Å². The van der Waals surface area contributed by atoms with Crippen LogP contribution in [0.2, 0.25) is 0 Å². The van der Waals surface area contributed by atoms with Crippen LogP contribution in [0.15, 0.2) is 30.3 Å². The summed E-state index contributed by atoms with van der Waals surface area (Å²) in [7, 11) is 0. The molecule has 1 aromatic rings. The van der Waals surface area contributed by atoms with Crippen molar-refractivity contribution in [3.63, 3.8) is 0 Å². The zero-order valence-electron chi connectivity index (χ0n) is 14.0. The van der Waals surface area contributed by atoms with Gasteiger partial charge in [-0.25, -0.2) is 0 Å². The molecule has 1 aliphatic rings. The van der Waals surface area contributed by atoms with E-state index in [-0.39, 0.29) is 6.04 Å². The average Bonchev–Trinajstić information content (AvgIpc) is 2.47. The fourth-order valence-corrected chi connectivity index (χ4v) is 3.42. The molecule has 0 radical (unpaired) electrons. The summed E-state index contributed by atoms with van der Waals surface area (Å²) in [5.41, 5.74) is 8.01. The Balaban J connectivity index is 1.66. The second-order valence-corrected chi connectivity index (χ2v) is 7.64. The number of hydrogen-bond acceptors (Lipinski definition) is 2. The number of likely N-dealkylation sites (tertiary alicyclic amines) is 1. The summed E-state index contributed by atoms with van der Waals surface area (Å²) in [4.78, 5) is 2.62. The molecule has 1 aromatic carbocycles. The number of nitrogens with two attached hydrogens (primary N) is 1. The first-order chi connectivity index (χ1) is 9.97. The zero-order valence-corrected chi connectivity index (χ0v) is 14.0. The predicted molar refractivity (Wildman–Crippen MR) is 91.2 cm³/mol. The first-order valence-corrected chi connectivity index (χ1v) is 8.49. The summed E-state index contributed by atoms with van der Waals surface area (Å²) < 4.78 is 0. The molecule has 1 atom stereocenters. The Hall–Kier alpha value is -0.860. The lowest BCUT2D eigenvalue weighted by Gasteiger charge is -2.38. The summed E-state index contributed by atoms with van der Waals surface area (Å²) in [6, 6.07) is 10.7. The topological polar surface area (TPSA) is 29.3 Å². The van der Waals surface area contributed by atoms with Crippen LogP contribution in [0.1, 0.15) is 58.1 Å². The molecule has 2 heteroatoms. The second kappa shape index (κ2) is 7.42. The van der Waals surface area contributed by atoms with Crippen molar-refractivity contribution >= 4 is 0 Å². The molecule has 0 spiro atoms. The van der Waals surface area contributed by atoms with E-state index in [2.05, 4.69) is 56.0 Å². The second-order valence-electron chi connectivity index (χ2n) is 7.64. The molecule has 1 unspecified atom stereocenters. The molecule has 0 aromatic heterocycles. The van der Waals surface area contributed by atoms with E-state index in [1.54, 1.807) is 0 Å². The van der Waals surface area contributed by atoms with Crippen molar-refractivity contribution in [2.24, 2.45) is 17.1 Å². The first kappa shape index (κ1) is 16.5. The van der Waals surface area contributed by atoms with Crippen LogP contribution in [0, 0.1) is 11.3 Å². The van der Waals surface area contributed by atoms with Crippen LogP contribution in [0.3, 0.4) is 0 Å². The Morgan fingerprint density at radius 1 is 1.14 bits per heavy atom. The Morgan fingerprint density at radius 2 is 1.76 bits per heavy atom. The van der Waals surface area contributed by atoms with Gasteiger partial charge >= 0.3 is 0 Å². The molecule has 0 amide bonds. The van der Waals surface area contributed by atoms with Gasteiger partial charge in [0.05, 0.1) is 0 Å². The highest BCUT2D eigenvalue weighted by Gasteiger charge is 2.28. The molecule has 1 saturated heterocycles. The summed E-state index contributed by atoms with van der Waals surface area (Å²) in [5.74, 6) is 0.889. The van der Waals surface area contributed by atoms with Crippen molar-refractivity contribution in [1.82, 2.24) is 4.90 Å². The largest absolute Gasteiger partial charge is 0.324 e. The molecule has 1 aliphatic heterocycles. The molecule has 0 bridgehead atoms. The molecule has 1 fully saturated rings. The fourth-order valence-electron chi connectivity index (χ4n) is 3.42. The lowest BCUT2D eigenvalue weighted by atomic mass is 9.75. The Kier molecular flexibility index (Phi) is 5.83. The highest BCUT2D eigenvalue weighted by Crippen LogP contribution is 2.34. The van der Waals surface area contributed by atoms with E-state index in [9.17, 15) is 0 Å². The van der Waals surface area contributed by atoms with Gasteiger partial charge in [0.15, 0.2) is 0 Å². The molecule has 1 heterocycles. The minimum absolute atomic E-state index is 0.193. The first-order valence-electron chi connectivity index (χ1n) is 8.49. The van der Waals surface area contributed by atoms with Gasteiger partial charge in [0.1, 0.15) is 0 Å². The smallest absolute Gasteiger partial charge is 0.0295 e. The molecule has 2 nitrogen and oxygen atoms in total. The zero-order chi connectivity index (χ0) is 15.3. The lowest BCUT2D eigenvalue weighted by molar-refractivity contribution is 0.111. The average molecular weight is 288 g/mol.